The fraction of sp³-hybridized carbons (Fsp3) is 0.500. The maximum absolute atomic E-state index is 13.7. The maximum atomic E-state index is 13.7. The second-order valence-corrected chi connectivity index (χ2v) is 19.3. The number of carbonyl (C=O) groups excluding carboxylic acids is 4. The third-order valence-electron chi connectivity index (χ3n) is 8.69. The van der Waals surface area contributed by atoms with Crippen LogP contribution in [0.2, 0.25) is 0 Å². The van der Waals surface area contributed by atoms with E-state index in [2.05, 4.69) is 0 Å². The van der Waals surface area contributed by atoms with Gasteiger partial charge in [-0.3, -0.25) is 19.2 Å². The first-order chi connectivity index (χ1) is 25.3. The maximum Gasteiger partial charge on any atom is 0.316 e. The smallest absolute Gasteiger partial charge is 0.316 e. The summed E-state index contributed by atoms with van der Waals surface area (Å²) in [4.78, 5) is 56.0. The van der Waals surface area contributed by atoms with Gasteiger partial charge in [-0.1, -0.05) is 30.3 Å². The highest BCUT2D eigenvalue weighted by molar-refractivity contribution is 7.15. The van der Waals surface area contributed by atoms with Gasteiger partial charge in [0, 0.05) is 16.2 Å². The number of esters is 4. The van der Waals surface area contributed by atoms with Crippen LogP contribution in [0.4, 0.5) is 4.39 Å². The molecule has 0 saturated heterocycles. The van der Waals surface area contributed by atoms with Crippen molar-refractivity contribution in [2.45, 2.75) is 115 Å². The molecular weight excluding hydrogens is 724 g/mol. The normalized spacial score (nSPS) is 18.1. The summed E-state index contributed by atoms with van der Waals surface area (Å²) in [5.74, 6) is -3.23. The Bertz CT molecular complexity index is 1930. The van der Waals surface area contributed by atoms with E-state index in [0.29, 0.717) is 12.0 Å². The van der Waals surface area contributed by atoms with Crippen LogP contribution in [0.1, 0.15) is 111 Å². The summed E-state index contributed by atoms with van der Waals surface area (Å²) in [6.45, 7) is 21.8. The average Bonchev–Trinajstić information content (AvgIpc) is 3.53. The van der Waals surface area contributed by atoms with E-state index in [0.717, 1.165) is 26.4 Å². The second-order valence-electron chi connectivity index (χ2n) is 18.1. The minimum absolute atomic E-state index is 0.215. The van der Waals surface area contributed by atoms with Crippen molar-refractivity contribution in [2.75, 3.05) is 6.61 Å². The minimum Gasteiger partial charge on any atom is -0.462 e. The predicted molar refractivity (Wildman–Crippen MR) is 209 cm³/mol. The fourth-order valence-corrected chi connectivity index (χ4v) is 6.15. The lowest BCUT2D eigenvalue weighted by atomic mass is 9.92. The molecule has 4 rings (SSSR count). The summed E-state index contributed by atoms with van der Waals surface area (Å²) in [6, 6.07) is 16.1. The number of benzene rings is 2. The predicted octanol–water partition coefficient (Wildman–Crippen LogP) is 9.83. The molecule has 9 nitrogen and oxygen atoms in total. The van der Waals surface area contributed by atoms with Gasteiger partial charge in [-0.05, 0) is 137 Å². The summed E-state index contributed by atoms with van der Waals surface area (Å²) in [5.41, 5.74) is -0.430. The molecule has 1 aliphatic rings. The Hall–Kier alpha value is -4.35. The standard InChI is InChI=1S/C44H55FO9S/c1-25-14-15-27(22-28(25)23-30-20-21-32(55-30)26-16-18-29(45)19-17-26)33-35(53-39(48)43(8,9)10)36(54-40(49)44(11,12)13)34(52-38(47)42(5,6)7)31(51-33)24-50-37(46)41(2,3)4/h14-22,31,33,35H,23-24H2,1-13H3/t31-,33+,35+/m1/s1. The van der Waals surface area contributed by atoms with Gasteiger partial charge in [0.2, 0.25) is 0 Å². The first-order valence-electron chi connectivity index (χ1n) is 18.4. The summed E-state index contributed by atoms with van der Waals surface area (Å²) in [7, 11) is 0. The van der Waals surface area contributed by atoms with Crippen molar-refractivity contribution in [3.05, 3.63) is 93.5 Å². The van der Waals surface area contributed by atoms with Crippen molar-refractivity contribution in [1.29, 1.82) is 0 Å². The van der Waals surface area contributed by atoms with Gasteiger partial charge in [0.15, 0.2) is 23.7 Å². The molecule has 11 heteroatoms. The first-order valence-corrected chi connectivity index (χ1v) is 19.2. The van der Waals surface area contributed by atoms with Gasteiger partial charge in [0.25, 0.3) is 0 Å². The van der Waals surface area contributed by atoms with Gasteiger partial charge in [-0.2, -0.15) is 0 Å². The van der Waals surface area contributed by atoms with Crippen molar-refractivity contribution in [1.82, 2.24) is 0 Å². The minimum atomic E-state index is -1.39. The molecule has 0 bridgehead atoms. The van der Waals surface area contributed by atoms with Crippen LogP contribution in [-0.4, -0.2) is 42.7 Å². The van der Waals surface area contributed by atoms with Crippen LogP contribution < -0.4 is 0 Å². The Morgan fingerprint density at radius 2 is 1.24 bits per heavy atom. The van der Waals surface area contributed by atoms with Gasteiger partial charge in [0.05, 0.1) is 21.7 Å². The molecular formula is C44H55FO9S. The van der Waals surface area contributed by atoms with Crippen LogP contribution in [0.25, 0.3) is 10.4 Å². The summed E-state index contributed by atoms with van der Waals surface area (Å²) < 4.78 is 44.3. The number of halogens is 1. The Morgan fingerprint density at radius 3 is 1.78 bits per heavy atom. The number of carbonyl (C=O) groups is 4. The van der Waals surface area contributed by atoms with Crippen LogP contribution in [0.15, 0.2) is 66.1 Å². The Morgan fingerprint density at radius 1 is 0.691 bits per heavy atom. The summed E-state index contributed by atoms with van der Waals surface area (Å²) >= 11 is 1.59. The average molecular weight is 779 g/mol. The van der Waals surface area contributed by atoms with Crippen LogP contribution in [0.5, 0.6) is 0 Å². The highest BCUT2D eigenvalue weighted by atomic mass is 32.1. The van der Waals surface area contributed by atoms with Crippen molar-refractivity contribution < 1.29 is 47.3 Å². The van der Waals surface area contributed by atoms with Gasteiger partial charge >= 0.3 is 23.9 Å². The molecule has 0 aliphatic carbocycles. The lowest BCUT2D eigenvalue weighted by Gasteiger charge is -2.39. The number of ether oxygens (including phenoxy) is 5. The molecule has 0 radical (unpaired) electrons. The molecule has 0 unspecified atom stereocenters. The lowest BCUT2D eigenvalue weighted by molar-refractivity contribution is -0.189. The molecule has 298 valence electrons. The van der Waals surface area contributed by atoms with Crippen molar-refractivity contribution >= 4 is 35.2 Å². The molecule has 0 spiro atoms. The third-order valence-corrected chi connectivity index (χ3v) is 9.83. The molecule has 3 aromatic rings. The Kier molecular flexibility index (Phi) is 12.9. The first kappa shape index (κ1) is 43.4. The van der Waals surface area contributed by atoms with E-state index >= 15 is 0 Å². The van der Waals surface area contributed by atoms with Crippen molar-refractivity contribution in [3.63, 3.8) is 0 Å². The van der Waals surface area contributed by atoms with Crippen LogP contribution in [0, 0.1) is 34.4 Å². The van der Waals surface area contributed by atoms with Crippen LogP contribution in [-0.2, 0) is 49.3 Å². The molecule has 0 saturated carbocycles. The number of aryl methyl sites for hydroxylation is 1. The van der Waals surface area contributed by atoms with Gasteiger partial charge in [-0.25, -0.2) is 4.39 Å². The van der Waals surface area contributed by atoms with Crippen molar-refractivity contribution in [3.8, 4) is 10.4 Å². The monoisotopic (exact) mass is 778 g/mol. The largest absolute Gasteiger partial charge is 0.462 e. The van der Waals surface area contributed by atoms with Gasteiger partial charge in [0.1, 0.15) is 18.5 Å². The van der Waals surface area contributed by atoms with Crippen LogP contribution in [0.3, 0.4) is 0 Å². The molecule has 2 aromatic carbocycles. The molecule has 55 heavy (non-hydrogen) atoms. The Labute approximate surface area is 328 Å². The SMILES string of the molecule is Cc1ccc([C@@H]2O[C@H](COC(=O)C(C)(C)C)C(OC(=O)C(C)(C)C)=C(OC(=O)C(C)(C)C)[C@H]2OC(=O)C(C)(C)C)cc1Cc1ccc(-c2ccc(F)cc2)s1. The molecule has 3 atom stereocenters. The van der Waals surface area contributed by atoms with Gasteiger partial charge < -0.3 is 23.7 Å². The van der Waals surface area contributed by atoms with Crippen LogP contribution >= 0.6 is 11.3 Å². The lowest BCUT2D eigenvalue weighted by Crippen LogP contribution is -2.45. The van der Waals surface area contributed by atoms with E-state index in [1.165, 1.54) is 12.1 Å². The molecule has 1 aromatic heterocycles. The van der Waals surface area contributed by atoms with E-state index in [9.17, 15) is 23.6 Å². The second kappa shape index (κ2) is 16.4. The number of rotatable bonds is 9. The van der Waals surface area contributed by atoms with E-state index in [1.807, 2.05) is 37.3 Å². The van der Waals surface area contributed by atoms with E-state index < -0.39 is 70.5 Å². The zero-order valence-electron chi connectivity index (χ0n) is 34.3. The highest BCUT2D eigenvalue weighted by Crippen LogP contribution is 2.42. The zero-order valence-corrected chi connectivity index (χ0v) is 35.1. The topological polar surface area (TPSA) is 114 Å². The number of hydrogen-bond donors (Lipinski definition) is 0. The third kappa shape index (κ3) is 11.1. The zero-order chi connectivity index (χ0) is 41.3. The molecule has 0 N–H and O–H groups in total. The summed E-state index contributed by atoms with van der Waals surface area (Å²) in [5, 5.41) is 0. The quantitative estimate of drug-likeness (QED) is 0.155. The molecule has 2 heterocycles. The van der Waals surface area contributed by atoms with E-state index in [1.54, 1.807) is 107 Å². The van der Waals surface area contributed by atoms with E-state index in [4.69, 9.17) is 23.7 Å². The highest BCUT2D eigenvalue weighted by Gasteiger charge is 2.48. The molecule has 1 aliphatic heterocycles. The Balaban J connectivity index is 1.89. The molecule has 0 fully saturated rings. The molecule has 0 amide bonds. The van der Waals surface area contributed by atoms with Gasteiger partial charge in [-0.15, -0.1) is 11.3 Å². The number of hydrogen-bond acceptors (Lipinski definition) is 10. The van der Waals surface area contributed by atoms with E-state index in [-0.39, 0.29) is 17.3 Å². The summed E-state index contributed by atoms with van der Waals surface area (Å²) in [6.07, 6.45) is -3.18. The fourth-order valence-electron chi connectivity index (χ4n) is 5.11. The number of thiophene rings is 1. The van der Waals surface area contributed by atoms with Crippen molar-refractivity contribution in [2.24, 2.45) is 21.7 Å².